The highest BCUT2D eigenvalue weighted by atomic mass is 15.1. The molecule has 0 aromatic carbocycles. The summed E-state index contributed by atoms with van der Waals surface area (Å²) in [7, 11) is 0. The van der Waals surface area contributed by atoms with Crippen LogP contribution in [0.4, 0.5) is 5.95 Å². The van der Waals surface area contributed by atoms with Crippen LogP contribution < -0.4 is 10.6 Å². The SMILES string of the molecule is Cc1ccnc(NCC2CCCNC2)n1. The Morgan fingerprint density at radius 1 is 1.60 bits per heavy atom. The molecule has 1 atom stereocenters. The van der Waals surface area contributed by atoms with Crippen molar-refractivity contribution in [1.82, 2.24) is 15.3 Å². The summed E-state index contributed by atoms with van der Waals surface area (Å²) in [5.74, 6) is 1.46. The van der Waals surface area contributed by atoms with Gasteiger partial charge in [0.05, 0.1) is 0 Å². The summed E-state index contributed by atoms with van der Waals surface area (Å²) in [6, 6.07) is 1.91. The summed E-state index contributed by atoms with van der Waals surface area (Å²) >= 11 is 0. The molecule has 1 aromatic heterocycles. The molecule has 2 heterocycles. The highest BCUT2D eigenvalue weighted by Gasteiger charge is 2.12. The Morgan fingerprint density at radius 3 is 3.27 bits per heavy atom. The van der Waals surface area contributed by atoms with Crippen LogP contribution in [0.1, 0.15) is 18.5 Å². The third-order valence-corrected chi connectivity index (χ3v) is 2.74. The van der Waals surface area contributed by atoms with E-state index in [-0.39, 0.29) is 0 Å². The fourth-order valence-corrected chi connectivity index (χ4v) is 1.87. The van der Waals surface area contributed by atoms with Crippen molar-refractivity contribution in [2.45, 2.75) is 19.8 Å². The molecule has 1 aromatic rings. The van der Waals surface area contributed by atoms with Crippen molar-refractivity contribution in [3.05, 3.63) is 18.0 Å². The molecular formula is C11H18N4. The molecule has 0 spiro atoms. The van der Waals surface area contributed by atoms with Crippen LogP contribution in [0.5, 0.6) is 0 Å². The monoisotopic (exact) mass is 206 g/mol. The summed E-state index contributed by atoms with van der Waals surface area (Å²) in [5.41, 5.74) is 1.01. The van der Waals surface area contributed by atoms with Gasteiger partial charge < -0.3 is 10.6 Å². The predicted molar refractivity (Wildman–Crippen MR) is 60.9 cm³/mol. The minimum Gasteiger partial charge on any atom is -0.354 e. The summed E-state index contributed by atoms with van der Waals surface area (Å²) in [5, 5.41) is 6.69. The zero-order valence-electron chi connectivity index (χ0n) is 9.16. The van der Waals surface area contributed by atoms with E-state index in [0.29, 0.717) is 5.92 Å². The first kappa shape index (κ1) is 10.4. The Balaban J connectivity index is 1.81. The normalized spacial score (nSPS) is 21.3. The summed E-state index contributed by atoms with van der Waals surface area (Å²) in [6.07, 6.45) is 4.37. The van der Waals surface area contributed by atoms with E-state index in [1.165, 1.54) is 12.8 Å². The van der Waals surface area contributed by atoms with Gasteiger partial charge in [-0.1, -0.05) is 0 Å². The van der Waals surface area contributed by atoms with Gasteiger partial charge in [0.1, 0.15) is 0 Å². The lowest BCUT2D eigenvalue weighted by Crippen LogP contribution is -2.33. The largest absolute Gasteiger partial charge is 0.354 e. The fraction of sp³-hybridized carbons (Fsp3) is 0.636. The van der Waals surface area contributed by atoms with Crippen LogP contribution in [-0.2, 0) is 0 Å². The topological polar surface area (TPSA) is 49.8 Å². The van der Waals surface area contributed by atoms with Crippen molar-refractivity contribution in [1.29, 1.82) is 0 Å². The Kier molecular flexibility index (Phi) is 3.50. The number of piperidine rings is 1. The van der Waals surface area contributed by atoms with Crippen LogP contribution in [0, 0.1) is 12.8 Å². The van der Waals surface area contributed by atoms with Gasteiger partial charge in [-0.3, -0.25) is 0 Å². The van der Waals surface area contributed by atoms with Gasteiger partial charge in [0, 0.05) is 18.4 Å². The number of hydrogen-bond acceptors (Lipinski definition) is 4. The summed E-state index contributed by atoms with van der Waals surface area (Å²) in [4.78, 5) is 8.50. The Labute approximate surface area is 90.5 Å². The van der Waals surface area contributed by atoms with Crippen molar-refractivity contribution >= 4 is 5.95 Å². The molecular weight excluding hydrogens is 188 g/mol. The highest BCUT2D eigenvalue weighted by molar-refractivity contribution is 5.24. The Morgan fingerprint density at radius 2 is 2.53 bits per heavy atom. The number of aryl methyl sites for hydroxylation is 1. The van der Waals surface area contributed by atoms with Crippen molar-refractivity contribution in [3.8, 4) is 0 Å². The third kappa shape index (κ3) is 3.16. The van der Waals surface area contributed by atoms with E-state index in [1.807, 2.05) is 13.0 Å². The molecule has 0 bridgehead atoms. The second-order valence-corrected chi connectivity index (χ2v) is 4.11. The van der Waals surface area contributed by atoms with Crippen LogP contribution in [0.2, 0.25) is 0 Å². The lowest BCUT2D eigenvalue weighted by molar-refractivity contribution is 0.392. The van der Waals surface area contributed by atoms with Gasteiger partial charge in [0.2, 0.25) is 5.95 Å². The van der Waals surface area contributed by atoms with E-state index in [1.54, 1.807) is 6.20 Å². The third-order valence-electron chi connectivity index (χ3n) is 2.74. The number of nitrogens with zero attached hydrogens (tertiary/aromatic N) is 2. The first-order valence-electron chi connectivity index (χ1n) is 5.59. The molecule has 0 radical (unpaired) electrons. The highest BCUT2D eigenvalue weighted by Crippen LogP contribution is 2.10. The van der Waals surface area contributed by atoms with Crippen molar-refractivity contribution in [3.63, 3.8) is 0 Å². The maximum Gasteiger partial charge on any atom is 0.222 e. The molecule has 2 rings (SSSR count). The van der Waals surface area contributed by atoms with Gasteiger partial charge in [-0.05, 0) is 44.8 Å². The zero-order valence-corrected chi connectivity index (χ0v) is 9.16. The molecule has 4 nitrogen and oxygen atoms in total. The number of hydrogen-bond donors (Lipinski definition) is 2. The van der Waals surface area contributed by atoms with Crippen LogP contribution in [0.3, 0.4) is 0 Å². The van der Waals surface area contributed by atoms with Gasteiger partial charge in [0.15, 0.2) is 0 Å². The molecule has 2 N–H and O–H groups in total. The van der Waals surface area contributed by atoms with E-state index >= 15 is 0 Å². The predicted octanol–water partition coefficient (Wildman–Crippen LogP) is 1.20. The molecule has 1 aliphatic rings. The number of anilines is 1. The molecule has 82 valence electrons. The van der Waals surface area contributed by atoms with Gasteiger partial charge in [0.25, 0.3) is 0 Å². The van der Waals surface area contributed by atoms with Gasteiger partial charge in [-0.25, -0.2) is 9.97 Å². The standard InChI is InChI=1S/C11H18N4/c1-9-4-6-13-11(15-9)14-8-10-3-2-5-12-7-10/h4,6,10,12H,2-3,5,7-8H2,1H3,(H,13,14,15). The molecule has 1 aliphatic heterocycles. The van der Waals surface area contributed by atoms with Crippen molar-refractivity contribution in [2.75, 3.05) is 25.0 Å². The van der Waals surface area contributed by atoms with Gasteiger partial charge in [-0.2, -0.15) is 0 Å². The summed E-state index contributed by atoms with van der Waals surface area (Å²) < 4.78 is 0. The number of aromatic nitrogens is 2. The molecule has 1 saturated heterocycles. The van der Waals surface area contributed by atoms with E-state index in [9.17, 15) is 0 Å². The lowest BCUT2D eigenvalue weighted by Gasteiger charge is -2.22. The maximum atomic E-state index is 4.31. The molecule has 15 heavy (non-hydrogen) atoms. The fourth-order valence-electron chi connectivity index (χ4n) is 1.87. The second kappa shape index (κ2) is 5.07. The Hall–Kier alpha value is -1.16. The minimum absolute atomic E-state index is 0.711. The molecule has 0 saturated carbocycles. The van der Waals surface area contributed by atoms with Crippen LogP contribution in [-0.4, -0.2) is 29.6 Å². The molecule has 1 fully saturated rings. The van der Waals surface area contributed by atoms with E-state index < -0.39 is 0 Å². The van der Waals surface area contributed by atoms with E-state index in [4.69, 9.17) is 0 Å². The molecule has 4 heteroatoms. The molecule has 0 aliphatic carbocycles. The van der Waals surface area contributed by atoms with Crippen LogP contribution >= 0.6 is 0 Å². The molecule has 0 amide bonds. The summed E-state index contributed by atoms with van der Waals surface area (Å²) in [6.45, 7) is 5.22. The second-order valence-electron chi connectivity index (χ2n) is 4.11. The van der Waals surface area contributed by atoms with Gasteiger partial charge in [-0.15, -0.1) is 0 Å². The molecule has 1 unspecified atom stereocenters. The number of rotatable bonds is 3. The Bertz CT molecular complexity index is 307. The zero-order chi connectivity index (χ0) is 10.5. The van der Waals surface area contributed by atoms with Crippen molar-refractivity contribution in [2.24, 2.45) is 5.92 Å². The average molecular weight is 206 g/mol. The average Bonchev–Trinajstić information content (AvgIpc) is 2.28. The van der Waals surface area contributed by atoms with Crippen molar-refractivity contribution < 1.29 is 0 Å². The first-order valence-corrected chi connectivity index (χ1v) is 5.59. The maximum absolute atomic E-state index is 4.31. The van der Waals surface area contributed by atoms with Gasteiger partial charge >= 0.3 is 0 Å². The van der Waals surface area contributed by atoms with Crippen LogP contribution in [0.15, 0.2) is 12.3 Å². The van der Waals surface area contributed by atoms with E-state index in [0.717, 1.165) is 31.3 Å². The number of nitrogens with one attached hydrogen (secondary N) is 2. The lowest BCUT2D eigenvalue weighted by atomic mass is 10.00. The minimum atomic E-state index is 0.711. The van der Waals surface area contributed by atoms with Crippen LogP contribution in [0.25, 0.3) is 0 Å². The smallest absolute Gasteiger partial charge is 0.222 e. The quantitative estimate of drug-likeness (QED) is 0.780. The first-order chi connectivity index (χ1) is 7.34. The van der Waals surface area contributed by atoms with E-state index in [2.05, 4.69) is 20.6 Å².